The fourth-order valence-corrected chi connectivity index (χ4v) is 1.48. The maximum absolute atomic E-state index is 11.8. The van der Waals surface area contributed by atoms with Crippen molar-refractivity contribution in [3.8, 4) is 5.75 Å². The van der Waals surface area contributed by atoms with E-state index < -0.39 is 5.91 Å². The summed E-state index contributed by atoms with van der Waals surface area (Å²) in [4.78, 5) is 11.8. The second-order valence-corrected chi connectivity index (χ2v) is 3.85. The van der Waals surface area contributed by atoms with Gasteiger partial charge in [0.25, 0.3) is 5.91 Å². The highest BCUT2D eigenvalue weighted by atomic mass is 35.5. The van der Waals surface area contributed by atoms with Crippen LogP contribution in [-0.2, 0) is 0 Å². The van der Waals surface area contributed by atoms with Gasteiger partial charge in [-0.2, -0.15) is 0 Å². The minimum Gasteiger partial charge on any atom is -0.506 e. The average Bonchev–Trinajstić information content (AvgIpc) is 2.68. The molecule has 0 spiro atoms. The fraction of sp³-hybridized carbons (Fsp3) is 0.0909. The number of hydrogen-bond acceptors (Lipinski definition) is 4. The Hall–Kier alpha value is -2.01. The van der Waals surface area contributed by atoms with E-state index in [4.69, 9.17) is 16.1 Å². The number of anilines is 1. The molecule has 0 unspecified atom stereocenters. The van der Waals surface area contributed by atoms with E-state index >= 15 is 0 Å². The van der Waals surface area contributed by atoms with Gasteiger partial charge < -0.3 is 14.9 Å². The van der Waals surface area contributed by atoms with Crippen LogP contribution in [0, 0.1) is 6.92 Å². The van der Waals surface area contributed by atoms with Gasteiger partial charge in [0, 0.05) is 11.1 Å². The highest BCUT2D eigenvalue weighted by Crippen LogP contribution is 2.27. The van der Waals surface area contributed by atoms with Crippen molar-refractivity contribution in [1.82, 2.24) is 5.16 Å². The summed E-state index contributed by atoms with van der Waals surface area (Å²) in [5.41, 5.74) is 0.597. The maximum Gasteiger partial charge on any atom is 0.260 e. The summed E-state index contributed by atoms with van der Waals surface area (Å²) in [5.74, 6) is -0.0858. The molecule has 0 aliphatic carbocycles. The van der Waals surface area contributed by atoms with Gasteiger partial charge in [0.05, 0.1) is 11.9 Å². The first-order chi connectivity index (χ1) is 8.08. The number of phenols is 1. The first kappa shape index (κ1) is 11.5. The third-order valence-corrected chi connectivity index (χ3v) is 2.44. The predicted molar refractivity (Wildman–Crippen MR) is 62.3 cm³/mol. The van der Waals surface area contributed by atoms with Crippen molar-refractivity contribution < 1.29 is 14.4 Å². The molecular weight excluding hydrogens is 244 g/mol. The molecule has 0 bridgehead atoms. The lowest BCUT2D eigenvalue weighted by Crippen LogP contribution is -2.12. The number of amides is 1. The van der Waals surface area contributed by atoms with Gasteiger partial charge >= 0.3 is 0 Å². The lowest BCUT2D eigenvalue weighted by atomic mass is 10.2. The fourth-order valence-electron chi connectivity index (χ4n) is 1.32. The lowest BCUT2D eigenvalue weighted by Gasteiger charge is -2.06. The van der Waals surface area contributed by atoms with Crippen molar-refractivity contribution in [2.75, 3.05) is 5.32 Å². The number of nitrogens with one attached hydrogen (secondary N) is 1. The molecule has 2 N–H and O–H groups in total. The minimum atomic E-state index is -0.402. The van der Waals surface area contributed by atoms with Crippen molar-refractivity contribution in [2.24, 2.45) is 0 Å². The van der Waals surface area contributed by atoms with Crippen LogP contribution in [0.4, 0.5) is 5.69 Å². The van der Waals surface area contributed by atoms with Gasteiger partial charge in [-0.15, -0.1) is 0 Å². The third kappa shape index (κ3) is 2.39. The Kier molecular flexibility index (Phi) is 3.01. The molecule has 0 aliphatic rings. The van der Waals surface area contributed by atoms with Crippen LogP contribution >= 0.6 is 11.6 Å². The van der Waals surface area contributed by atoms with Crippen LogP contribution in [0.3, 0.4) is 0 Å². The highest BCUT2D eigenvalue weighted by molar-refractivity contribution is 6.30. The van der Waals surface area contributed by atoms with Gasteiger partial charge in [-0.3, -0.25) is 4.79 Å². The van der Waals surface area contributed by atoms with E-state index in [0.717, 1.165) is 0 Å². The largest absolute Gasteiger partial charge is 0.506 e. The van der Waals surface area contributed by atoms with Crippen LogP contribution in [-0.4, -0.2) is 16.2 Å². The van der Waals surface area contributed by atoms with E-state index in [1.54, 1.807) is 13.0 Å². The first-order valence-electron chi connectivity index (χ1n) is 4.79. The Morgan fingerprint density at radius 2 is 2.29 bits per heavy atom. The molecule has 2 aromatic rings. The topological polar surface area (TPSA) is 75.4 Å². The average molecular weight is 253 g/mol. The SMILES string of the molecule is Cc1oncc1C(=O)Nc1ccc(Cl)cc1O. The summed E-state index contributed by atoms with van der Waals surface area (Å²) >= 11 is 5.68. The number of halogens is 1. The summed E-state index contributed by atoms with van der Waals surface area (Å²) in [6, 6.07) is 4.42. The zero-order valence-corrected chi connectivity index (χ0v) is 9.65. The summed E-state index contributed by atoms with van der Waals surface area (Å²) in [7, 11) is 0. The zero-order valence-electron chi connectivity index (χ0n) is 8.90. The molecule has 1 amide bonds. The van der Waals surface area contributed by atoms with E-state index in [0.29, 0.717) is 16.3 Å². The van der Waals surface area contributed by atoms with E-state index in [1.807, 2.05) is 0 Å². The van der Waals surface area contributed by atoms with E-state index in [2.05, 4.69) is 10.5 Å². The monoisotopic (exact) mass is 252 g/mol. The Bertz CT molecular complexity index is 566. The molecule has 1 heterocycles. The van der Waals surface area contributed by atoms with Crippen LogP contribution in [0.1, 0.15) is 16.1 Å². The summed E-state index contributed by atoms with van der Waals surface area (Å²) in [6.45, 7) is 1.63. The smallest absolute Gasteiger partial charge is 0.260 e. The van der Waals surface area contributed by atoms with E-state index in [-0.39, 0.29) is 11.4 Å². The molecule has 0 aliphatic heterocycles. The zero-order chi connectivity index (χ0) is 12.4. The van der Waals surface area contributed by atoms with Gasteiger partial charge in [0.2, 0.25) is 0 Å². The van der Waals surface area contributed by atoms with Crippen molar-refractivity contribution in [2.45, 2.75) is 6.92 Å². The van der Waals surface area contributed by atoms with Crippen LogP contribution in [0.25, 0.3) is 0 Å². The number of aromatic nitrogens is 1. The third-order valence-electron chi connectivity index (χ3n) is 2.20. The molecule has 0 atom stereocenters. The molecule has 0 fully saturated rings. The van der Waals surface area contributed by atoms with Crippen molar-refractivity contribution in [3.63, 3.8) is 0 Å². The van der Waals surface area contributed by atoms with Crippen molar-refractivity contribution in [3.05, 3.63) is 40.7 Å². The maximum atomic E-state index is 11.8. The van der Waals surface area contributed by atoms with Gasteiger partial charge in [-0.1, -0.05) is 16.8 Å². The molecule has 0 saturated carbocycles. The second-order valence-electron chi connectivity index (χ2n) is 3.41. The number of rotatable bonds is 2. The van der Waals surface area contributed by atoms with Crippen molar-refractivity contribution >= 4 is 23.2 Å². The minimum absolute atomic E-state index is 0.0973. The number of carbonyl (C=O) groups is 1. The second kappa shape index (κ2) is 4.47. The molecule has 5 nitrogen and oxygen atoms in total. The van der Waals surface area contributed by atoms with E-state index in [1.165, 1.54) is 18.3 Å². The molecule has 0 saturated heterocycles. The number of phenolic OH excluding ortho intramolecular Hbond substituents is 1. The first-order valence-corrected chi connectivity index (χ1v) is 5.17. The standard InChI is InChI=1S/C11H9ClN2O3/c1-6-8(5-13-17-6)11(16)14-9-3-2-7(12)4-10(9)15/h2-5,15H,1H3,(H,14,16). The Morgan fingerprint density at radius 1 is 1.53 bits per heavy atom. The number of aromatic hydroxyl groups is 1. The summed E-state index contributed by atoms with van der Waals surface area (Å²) in [6.07, 6.45) is 1.32. The normalized spacial score (nSPS) is 10.2. The van der Waals surface area contributed by atoms with Crippen LogP contribution in [0.2, 0.25) is 5.02 Å². The molecule has 1 aromatic carbocycles. The van der Waals surface area contributed by atoms with Gasteiger partial charge in [0.1, 0.15) is 17.1 Å². The molecular formula is C11H9ClN2O3. The van der Waals surface area contributed by atoms with Crippen LogP contribution in [0.15, 0.2) is 28.9 Å². The van der Waals surface area contributed by atoms with Gasteiger partial charge in [0.15, 0.2) is 0 Å². The summed E-state index contributed by atoms with van der Waals surface area (Å²) < 4.78 is 4.78. The van der Waals surface area contributed by atoms with Gasteiger partial charge in [-0.25, -0.2) is 0 Å². The van der Waals surface area contributed by atoms with Crippen molar-refractivity contribution in [1.29, 1.82) is 0 Å². The number of aryl methyl sites for hydroxylation is 1. The Balaban J connectivity index is 2.22. The lowest BCUT2D eigenvalue weighted by molar-refractivity contribution is 0.102. The van der Waals surface area contributed by atoms with Gasteiger partial charge in [-0.05, 0) is 19.1 Å². The molecule has 88 valence electrons. The number of hydrogen-bond donors (Lipinski definition) is 2. The Morgan fingerprint density at radius 3 is 2.88 bits per heavy atom. The number of carbonyl (C=O) groups excluding carboxylic acids is 1. The molecule has 2 rings (SSSR count). The Labute approximate surface area is 102 Å². The number of benzene rings is 1. The van der Waals surface area contributed by atoms with E-state index in [9.17, 15) is 9.90 Å². The van der Waals surface area contributed by atoms with Crippen LogP contribution < -0.4 is 5.32 Å². The van der Waals surface area contributed by atoms with Crippen LogP contribution in [0.5, 0.6) is 5.75 Å². The quantitative estimate of drug-likeness (QED) is 0.806. The molecule has 17 heavy (non-hydrogen) atoms. The molecule has 0 radical (unpaired) electrons. The predicted octanol–water partition coefficient (Wildman–Crippen LogP) is 2.59. The highest BCUT2D eigenvalue weighted by Gasteiger charge is 2.14. The molecule has 1 aromatic heterocycles. The summed E-state index contributed by atoms with van der Waals surface area (Å²) in [5, 5.41) is 16.0. The molecule has 6 heteroatoms. The number of nitrogens with zero attached hydrogens (tertiary/aromatic N) is 1.